The summed E-state index contributed by atoms with van der Waals surface area (Å²) < 4.78 is 15.4. The Bertz CT molecular complexity index is 774. The van der Waals surface area contributed by atoms with E-state index in [1.54, 1.807) is 12.3 Å². The molecule has 0 aliphatic heterocycles. The summed E-state index contributed by atoms with van der Waals surface area (Å²) in [5.41, 5.74) is 6.91. The number of nitrogen functional groups attached to an aromatic ring is 1. The van der Waals surface area contributed by atoms with Crippen molar-refractivity contribution in [3.8, 4) is 5.69 Å². The molecule has 0 unspecified atom stereocenters. The van der Waals surface area contributed by atoms with E-state index in [2.05, 4.69) is 20.5 Å². The SMILES string of the molecule is Nc1nnc(SCc2cn(-c3ccc(F)c(Cl)c3)nn2)s1. The zero-order valence-corrected chi connectivity index (χ0v) is 12.8. The number of anilines is 1. The van der Waals surface area contributed by atoms with Gasteiger partial charge in [0.1, 0.15) is 5.82 Å². The van der Waals surface area contributed by atoms with Crippen LogP contribution >= 0.6 is 34.7 Å². The van der Waals surface area contributed by atoms with Crippen LogP contribution in [0.25, 0.3) is 5.69 Å². The second-order valence-corrected chi connectivity index (χ2v) is 6.59. The molecule has 0 aliphatic rings. The molecule has 0 atom stereocenters. The van der Waals surface area contributed by atoms with Crippen LogP contribution in [0.15, 0.2) is 28.7 Å². The molecular weight excluding hydrogens is 335 g/mol. The van der Waals surface area contributed by atoms with Crippen molar-refractivity contribution in [2.45, 2.75) is 10.1 Å². The minimum Gasteiger partial charge on any atom is -0.374 e. The van der Waals surface area contributed by atoms with Crippen molar-refractivity contribution in [1.82, 2.24) is 25.2 Å². The Morgan fingerprint density at radius 2 is 2.19 bits per heavy atom. The molecule has 2 heterocycles. The molecule has 0 aliphatic carbocycles. The largest absolute Gasteiger partial charge is 0.374 e. The Balaban J connectivity index is 1.72. The minimum absolute atomic E-state index is 0.0447. The summed E-state index contributed by atoms with van der Waals surface area (Å²) in [5.74, 6) is 0.119. The Hall–Kier alpha value is -1.71. The van der Waals surface area contributed by atoms with Gasteiger partial charge in [-0.2, -0.15) is 0 Å². The number of nitrogens with two attached hydrogens (primary N) is 1. The van der Waals surface area contributed by atoms with E-state index in [1.807, 2.05) is 0 Å². The number of hydrogen-bond donors (Lipinski definition) is 1. The highest BCUT2D eigenvalue weighted by Gasteiger charge is 2.08. The molecule has 2 aromatic heterocycles. The molecule has 0 spiro atoms. The summed E-state index contributed by atoms with van der Waals surface area (Å²) in [6, 6.07) is 4.37. The van der Waals surface area contributed by atoms with Crippen LogP contribution in [0.3, 0.4) is 0 Å². The molecule has 108 valence electrons. The molecule has 3 aromatic rings. The van der Waals surface area contributed by atoms with Crippen molar-refractivity contribution in [2.24, 2.45) is 0 Å². The lowest BCUT2D eigenvalue weighted by atomic mass is 10.3. The maximum Gasteiger partial charge on any atom is 0.203 e. The Labute approximate surface area is 132 Å². The number of halogens is 2. The van der Waals surface area contributed by atoms with E-state index < -0.39 is 5.82 Å². The Kier molecular flexibility index (Phi) is 4.04. The highest BCUT2D eigenvalue weighted by Crippen LogP contribution is 2.26. The van der Waals surface area contributed by atoms with Gasteiger partial charge in [0.15, 0.2) is 4.34 Å². The van der Waals surface area contributed by atoms with Gasteiger partial charge in [-0.3, -0.25) is 0 Å². The fraction of sp³-hybridized carbons (Fsp3) is 0.0909. The molecule has 3 rings (SSSR count). The van der Waals surface area contributed by atoms with Gasteiger partial charge in [-0.25, -0.2) is 9.07 Å². The molecule has 21 heavy (non-hydrogen) atoms. The molecule has 0 fully saturated rings. The molecule has 0 saturated heterocycles. The fourth-order valence-electron chi connectivity index (χ4n) is 1.53. The summed E-state index contributed by atoms with van der Waals surface area (Å²) in [6.45, 7) is 0. The quantitative estimate of drug-likeness (QED) is 0.734. The van der Waals surface area contributed by atoms with Crippen LogP contribution in [-0.4, -0.2) is 25.2 Å². The molecule has 10 heteroatoms. The highest BCUT2D eigenvalue weighted by atomic mass is 35.5. The minimum atomic E-state index is -0.467. The molecule has 2 N–H and O–H groups in total. The summed E-state index contributed by atoms with van der Waals surface area (Å²) in [7, 11) is 0. The van der Waals surface area contributed by atoms with Gasteiger partial charge in [0.2, 0.25) is 5.13 Å². The second kappa shape index (κ2) is 5.96. The van der Waals surface area contributed by atoms with Gasteiger partial charge in [0, 0.05) is 5.75 Å². The zero-order chi connectivity index (χ0) is 14.8. The third-order valence-corrected chi connectivity index (χ3v) is 4.68. The van der Waals surface area contributed by atoms with Gasteiger partial charge in [0.25, 0.3) is 0 Å². The van der Waals surface area contributed by atoms with Crippen LogP contribution in [0.2, 0.25) is 5.02 Å². The Morgan fingerprint density at radius 3 is 2.90 bits per heavy atom. The Morgan fingerprint density at radius 1 is 1.33 bits per heavy atom. The van der Waals surface area contributed by atoms with Crippen LogP contribution in [0.4, 0.5) is 9.52 Å². The van der Waals surface area contributed by atoms with Crippen molar-refractivity contribution in [3.63, 3.8) is 0 Å². The van der Waals surface area contributed by atoms with Gasteiger partial charge in [0.05, 0.1) is 22.6 Å². The van der Waals surface area contributed by atoms with Crippen molar-refractivity contribution in [2.75, 3.05) is 5.73 Å². The van der Waals surface area contributed by atoms with E-state index >= 15 is 0 Å². The molecule has 6 nitrogen and oxygen atoms in total. The third kappa shape index (κ3) is 3.31. The second-order valence-electron chi connectivity index (χ2n) is 3.95. The van der Waals surface area contributed by atoms with Crippen LogP contribution in [-0.2, 0) is 5.75 Å². The van der Waals surface area contributed by atoms with Crippen LogP contribution in [0.1, 0.15) is 5.69 Å². The average Bonchev–Trinajstić information content (AvgIpc) is 3.08. The first kappa shape index (κ1) is 14.2. The van der Waals surface area contributed by atoms with E-state index in [4.69, 9.17) is 17.3 Å². The average molecular weight is 343 g/mol. The normalized spacial score (nSPS) is 11.0. The van der Waals surface area contributed by atoms with Gasteiger partial charge in [-0.05, 0) is 18.2 Å². The van der Waals surface area contributed by atoms with Crippen molar-refractivity contribution in [1.29, 1.82) is 0 Å². The lowest BCUT2D eigenvalue weighted by Crippen LogP contribution is -1.95. The number of benzene rings is 1. The summed E-state index contributed by atoms with van der Waals surface area (Å²) >= 11 is 8.54. The van der Waals surface area contributed by atoms with Gasteiger partial charge in [-0.1, -0.05) is 39.9 Å². The smallest absolute Gasteiger partial charge is 0.203 e. The maximum atomic E-state index is 13.1. The van der Waals surface area contributed by atoms with E-state index in [1.165, 1.54) is 39.9 Å². The monoisotopic (exact) mass is 342 g/mol. The van der Waals surface area contributed by atoms with Crippen LogP contribution in [0.5, 0.6) is 0 Å². The highest BCUT2D eigenvalue weighted by molar-refractivity contribution is 8.00. The van der Waals surface area contributed by atoms with Crippen molar-refractivity contribution in [3.05, 3.63) is 40.9 Å². The lowest BCUT2D eigenvalue weighted by molar-refractivity contribution is 0.627. The molecule has 0 amide bonds. The van der Waals surface area contributed by atoms with E-state index in [0.717, 1.165) is 10.0 Å². The predicted molar refractivity (Wildman–Crippen MR) is 80.2 cm³/mol. The summed E-state index contributed by atoms with van der Waals surface area (Å²) in [6.07, 6.45) is 1.75. The summed E-state index contributed by atoms with van der Waals surface area (Å²) in [5, 5.41) is 16.2. The third-order valence-electron chi connectivity index (χ3n) is 2.47. The van der Waals surface area contributed by atoms with Crippen LogP contribution < -0.4 is 5.73 Å². The standard InChI is InChI=1S/C11H8ClFN6S2/c12-8-3-7(1-2-9(8)13)19-4-6(15-18-19)5-20-11-17-16-10(14)21-11/h1-4H,5H2,(H2,14,16). The van der Waals surface area contributed by atoms with Crippen LogP contribution in [0, 0.1) is 5.82 Å². The predicted octanol–water partition coefficient (Wildman–Crippen LogP) is 2.79. The lowest BCUT2D eigenvalue weighted by Gasteiger charge is -2.00. The summed E-state index contributed by atoms with van der Waals surface area (Å²) in [4.78, 5) is 0. The maximum absolute atomic E-state index is 13.1. The zero-order valence-electron chi connectivity index (χ0n) is 10.4. The van der Waals surface area contributed by atoms with Gasteiger partial charge >= 0.3 is 0 Å². The topological polar surface area (TPSA) is 82.5 Å². The van der Waals surface area contributed by atoms with Gasteiger partial charge in [-0.15, -0.1) is 15.3 Å². The first-order chi connectivity index (χ1) is 10.1. The molecule has 1 aromatic carbocycles. The van der Waals surface area contributed by atoms with E-state index in [9.17, 15) is 4.39 Å². The first-order valence-corrected chi connectivity index (χ1v) is 7.88. The van der Waals surface area contributed by atoms with E-state index in [0.29, 0.717) is 16.6 Å². The van der Waals surface area contributed by atoms with Crippen molar-refractivity contribution < 1.29 is 4.39 Å². The number of hydrogen-bond acceptors (Lipinski definition) is 7. The molecule has 0 saturated carbocycles. The van der Waals surface area contributed by atoms with Crippen molar-refractivity contribution >= 4 is 39.8 Å². The van der Waals surface area contributed by atoms with E-state index in [-0.39, 0.29) is 5.02 Å². The number of nitrogens with zero attached hydrogens (tertiary/aromatic N) is 5. The number of aromatic nitrogens is 5. The molecule has 0 bridgehead atoms. The number of rotatable bonds is 4. The fourth-order valence-corrected chi connectivity index (χ4v) is 3.22. The van der Waals surface area contributed by atoms with Gasteiger partial charge < -0.3 is 5.73 Å². The first-order valence-electron chi connectivity index (χ1n) is 5.70. The number of thioether (sulfide) groups is 1. The molecular formula is C11H8ClFN6S2. The molecule has 0 radical (unpaired) electrons.